The van der Waals surface area contributed by atoms with Gasteiger partial charge >= 0.3 is 18.3 Å². The molecule has 9 rings (SSSR count). The molecule has 12 nitrogen and oxygen atoms in total. The van der Waals surface area contributed by atoms with Crippen molar-refractivity contribution in [2.24, 2.45) is 0 Å². The van der Waals surface area contributed by atoms with Gasteiger partial charge in [-0.3, -0.25) is 9.80 Å². The van der Waals surface area contributed by atoms with Crippen molar-refractivity contribution >= 4 is 17.6 Å². The van der Waals surface area contributed by atoms with E-state index in [1.165, 1.54) is 6.07 Å². The van der Waals surface area contributed by atoms with Crippen LogP contribution in [0.2, 0.25) is 0 Å². The summed E-state index contributed by atoms with van der Waals surface area (Å²) >= 11 is 0. The molecule has 0 saturated carbocycles. The molecule has 0 spiro atoms. The Kier molecular flexibility index (Phi) is 13.7. The molecule has 5 aliphatic rings. The Labute approximate surface area is 407 Å². The number of aromatic nitrogens is 2. The van der Waals surface area contributed by atoms with Crippen molar-refractivity contribution in [1.82, 2.24) is 19.8 Å². The number of anilines is 2. The van der Waals surface area contributed by atoms with E-state index in [2.05, 4.69) is 28.2 Å². The maximum atomic E-state index is 18.0. The third-order valence-electron chi connectivity index (χ3n) is 14.1. The number of benzene rings is 3. The molecule has 4 aromatic rings. The van der Waals surface area contributed by atoms with Gasteiger partial charge in [0, 0.05) is 62.3 Å². The van der Waals surface area contributed by atoms with Crippen LogP contribution in [-0.2, 0) is 41.8 Å². The number of rotatable bonds is 12. The number of carbonyl (C=O) groups is 1. The summed E-state index contributed by atoms with van der Waals surface area (Å²) in [6.07, 6.45) is -2.47. The van der Waals surface area contributed by atoms with Crippen molar-refractivity contribution in [3.8, 4) is 29.4 Å². The fraction of sp³-hybridized carbons (Fsp3) is 0.500. The zero-order chi connectivity index (χ0) is 49.5. The number of hydrogen-bond donors (Lipinski definition) is 0. The third-order valence-corrected chi connectivity index (χ3v) is 14.1. The molecule has 1 amide bonds. The zero-order valence-electron chi connectivity index (χ0n) is 40.9. The monoisotopic (exact) mass is 966 g/mol. The normalized spacial score (nSPS) is 22.0. The molecule has 1 aromatic heterocycles. The Morgan fingerprint density at radius 2 is 1.61 bits per heavy atom. The van der Waals surface area contributed by atoms with Gasteiger partial charge in [0.1, 0.15) is 29.5 Å². The molecule has 2 bridgehead atoms. The minimum absolute atomic E-state index is 0.0614. The summed E-state index contributed by atoms with van der Waals surface area (Å²) in [6.45, 7) is 14.5. The molecule has 3 unspecified atom stereocenters. The molecule has 3 aromatic carbocycles. The van der Waals surface area contributed by atoms with Crippen molar-refractivity contribution in [3.05, 3.63) is 112 Å². The minimum Gasteiger partial charge on any atom is -0.497 e. The summed E-state index contributed by atoms with van der Waals surface area (Å²) in [6, 6.07) is 15.5. The average Bonchev–Trinajstić information content (AvgIpc) is 3.95. The summed E-state index contributed by atoms with van der Waals surface area (Å²) in [5.74, 6) is 6.31. The molecule has 4 fully saturated rings. The van der Waals surface area contributed by atoms with Crippen LogP contribution in [0.25, 0.3) is 0 Å². The number of amides is 1. The number of carbonyl (C=O) groups excluding carboxylic acids is 1. The predicted octanol–water partition coefficient (Wildman–Crippen LogP) is 10.2. The number of nitrogens with zero attached hydrogens (tertiary/aromatic N) is 6. The topological polar surface area (TPSA) is 102 Å². The van der Waals surface area contributed by atoms with E-state index in [0.29, 0.717) is 48.3 Å². The van der Waals surface area contributed by atoms with Crippen molar-refractivity contribution in [1.29, 1.82) is 0 Å². The molecule has 0 aliphatic carbocycles. The SMILES string of the molecule is C=C1CN2CCC[C@@]2(COc2nc3c(c(N4CC5CCC(C4)N5C(=O)OC(C)(C)C)n2)COC(c2c(F)c(N(Cc4ccc(OC)cc4)Cc4ccc(OC)cc4)cc(C#CCC)c2C(F)(F)F)C3)C1. The highest BCUT2D eigenvalue weighted by Crippen LogP contribution is 2.47. The number of fused-ring (bicyclic) bond motifs is 4. The molecule has 6 heterocycles. The summed E-state index contributed by atoms with van der Waals surface area (Å²) in [4.78, 5) is 31.5. The van der Waals surface area contributed by atoms with E-state index >= 15 is 17.6 Å². The maximum Gasteiger partial charge on any atom is 0.418 e. The molecular weight excluding hydrogens is 905 g/mol. The van der Waals surface area contributed by atoms with Crippen LogP contribution < -0.4 is 24.0 Å². The molecule has 16 heteroatoms. The van der Waals surface area contributed by atoms with E-state index in [0.717, 1.165) is 61.9 Å². The van der Waals surface area contributed by atoms with Crippen LogP contribution in [0.3, 0.4) is 0 Å². The number of methoxy groups -OCH3 is 2. The summed E-state index contributed by atoms with van der Waals surface area (Å²) < 4.78 is 94.8. The lowest BCUT2D eigenvalue weighted by molar-refractivity contribution is -0.140. The lowest BCUT2D eigenvalue weighted by atomic mass is 9.90. The van der Waals surface area contributed by atoms with E-state index in [1.807, 2.05) is 49.9 Å². The predicted molar refractivity (Wildman–Crippen MR) is 258 cm³/mol. The van der Waals surface area contributed by atoms with Gasteiger partial charge in [-0.2, -0.15) is 23.1 Å². The molecule has 372 valence electrons. The molecule has 4 saturated heterocycles. The number of piperazine rings is 1. The Morgan fingerprint density at radius 1 is 0.971 bits per heavy atom. The van der Waals surface area contributed by atoms with E-state index in [-0.39, 0.29) is 73.5 Å². The van der Waals surface area contributed by atoms with Crippen LogP contribution in [0.1, 0.15) is 111 Å². The highest BCUT2D eigenvalue weighted by atomic mass is 19.4. The summed E-state index contributed by atoms with van der Waals surface area (Å²) in [7, 11) is 3.12. The quantitative estimate of drug-likeness (QED) is 0.0771. The Morgan fingerprint density at radius 3 is 2.20 bits per heavy atom. The van der Waals surface area contributed by atoms with Gasteiger partial charge in [-0.15, -0.1) is 0 Å². The van der Waals surface area contributed by atoms with E-state index in [1.54, 1.807) is 50.3 Å². The van der Waals surface area contributed by atoms with Crippen LogP contribution in [0, 0.1) is 17.7 Å². The number of hydrogen-bond acceptors (Lipinski definition) is 11. The van der Waals surface area contributed by atoms with Gasteiger partial charge in [0.2, 0.25) is 0 Å². The van der Waals surface area contributed by atoms with Gasteiger partial charge in [-0.1, -0.05) is 55.2 Å². The molecule has 0 radical (unpaired) electrons. The van der Waals surface area contributed by atoms with Crippen LogP contribution in [0.5, 0.6) is 17.5 Å². The first-order valence-electron chi connectivity index (χ1n) is 24.2. The molecule has 70 heavy (non-hydrogen) atoms. The Hall–Kier alpha value is -6.05. The number of alkyl halides is 3. The summed E-state index contributed by atoms with van der Waals surface area (Å²) in [5, 5.41) is 0. The minimum atomic E-state index is -5.01. The Balaban J connectivity index is 1.13. The molecule has 0 N–H and O–H groups in total. The largest absolute Gasteiger partial charge is 0.497 e. The van der Waals surface area contributed by atoms with Crippen molar-refractivity contribution < 1.29 is 46.0 Å². The first kappa shape index (κ1) is 49.0. The van der Waals surface area contributed by atoms with E-state index in [9.17, 15) is 4.79 Å². The average molecular weight is 967 g/mol. The lowest BCUT2D eigenvalue weighted by Gasteiger charge is -2.42. The van der Waals surface area contributed by atoms with Gasteiger partial charge in [0.25, 0.3) is 0 Å². The van der Waals surface area contributed by atoms with Crippen molar-refractivity contribution in [2.75, 3.05) is 56.8 Å². The fourth-order valence-electron chi connectivity index (χ4n) is 11.0. The second-order valence-corrected chi connectivity index (χ2v) is 20.2. The van der Waals surface area contributed by atoms with Crippen LogP contribution in [0.4, 0.5) is 33.9 Å². The van der Waals surface area contributed by atoms with Crippen LogP contribution in [0.15, 0.2) is 66.7 Å². The van der Waals surface area contributed by atoms with Crippen molar-refractivity contribution in [3.63, 3.8) is 0 Å². The molecule has 4 atom stereocenters. The first-order chi connectivity index (χ1) is 33.5. The summed E-state index contributed by atoms with van der Waals surface area (Å²) in [5.41, 5.74) is 0.515. The second kappa shape index (κ2) is 19.6. The first-order valence-corrected chi connectivity index (χ1v) is 24.2. The molecular formula is C54H62F4N6O6. The van der Waals surface area contributed by atoms with Crippen LogP contribution >= 0.6 is 0 Å². The highest BCUT2D eigenvalue weighted by Gasteiger charge is 2.49. The highest BCUT2D eigenvalue weighted by molar-refractivity contribution is 5.70. The lowest BCUT2D eigenvalue weighted by Crippen LogP contribution is -2.57. The van der Waals surface area contributed by atoms with E-state index < -0.39 is 34.8 Å². The fourth-order valence-corrected chi connectivity index (χ4v) is 11.0. The second-order valence-electron chi connectivity index (χ2n) is 20.2. The van der Waals surface area contributed by atoms with Crippen LogP contribution in [-0.4, -0.2) is 96.1 Å². The molecule has 5 aliphatic heterocycles. The van der Waals surface area contributed by atoms with Gasteiger partial charge in [-0.25, -0.2) is 9.18 Å². The van der Waals surface area contributed by atoms with Gasteiger partial charge in [-0.05, 0) is 101 Å². The van der Waals surface area contributed by atoms with Gasteiger partial charge in [0.05, 0.1) is 61.5 Å². The third kappa shape index (κ3) is 10.1. The van der Waals surface area contributed by atoms with Gasteiger partial charge < -0.3 is 33.5 Å². The standard InChI is InChI=1S/C54H62F4N6O6/c1-8-9-11-37-24-44(61(28-35-12-18-40(66-6)19-13-35)29-36-14-20-41(67-7)21-15-36)48(55)46(47(37)54(56,57)58)45-25-43-42(32-68-45)49(60-50(59-43)69-33-53-22-10-23-63(53)27-34(2)26-53)62-30-38-16-17-39(31-62)64(38)51(65)70-52(3,4)5/h12-15,18-21,24,38-39,45H,2,8,10,16-17,22-23,25-33H2,1,3-7H3/t38?,39?,45?,53-/m0/s1. The zero-order valence-corrected chi connectivity index (χ0v) is 40.9. The maximum absolute atomic E-state index is 18.0. The smallest absolute Gasteiger partial charge is 0.418 e. The Bertz CT molecular complexity index is 2600. The van der Waals surface area contributed by atoms with E-state index in [4.69, 9.17) is 33.7 Å². The van der Waals surface area contributed by atoms with Crippen molar-refractivity contribution in [2.45, 2.75) is 128 Å². The van der Waals surface area contributed by atoms with Gasteiger partial charge in [0.15, 0.2) is 5.82 Å². The number of ether oxygens (including phenoxy) is 5. The number of halogens is 4.